The second kappa shape index (κ2) is 6.15. The van der Waals surface area contributed by atoms with E-state index < -0.39 is 13.7 Å². The minimum absolute atomic E-state index is 0.123. The Morgan fingerprint density at radius 2 is 2.48 bits per heavy atom. The van der Waals surface area contributed by atoms with E-state index in [-0.39, 0.29) is 30.9 Å². The molecule has 0 spiro atoms. The van der Waals surface area contributed by atoms with Crippen LogP contribution in [0.1, 0.15) is 36.8 Å². The number of primary amides is 1. The van der Waals surface area contributed by atoms with Crippen LogP contribution in [0.2, 0.25) is 0 Å². The van der Waals surface area contributed by atoms with E-state index in [1.165, 1.54) is 0 Å². The van der Waals surface area contributed by atoms with Gasteiger partial charge in [-0.25, -0.2) is 14.6 Å². The topological polar surface area (TPSA) is 132 Å². The zero-order valence-corrected chi connectivity index (χ0v) is 12.8. The molecule has 0 bridgehead atoms. The standard InChI is InChI=1S/C11H20N5O4P/c1-3-20-21(18,19)13-5-8-4-7(2)14-11-15-9(10(12)17)6-16(8)11/h6-8H,3-5H2,1-2H3,(H2,12,17)(H,14,15)(H2,13,18,19). The summed E-state index contributed by atoms with van der Waals surface area (Å²) >= 11 is 0. The van der Waals surface area contributed by atoms with E-state index in [4.69, 9.17) is 10.3 Å². The number of nitrogens with one attached hydrogen (secondary N) is 2. The number of nitrogens with two attached hydrogens (primary N) is 1. The molecule has 0 aliphatic carbocycles. The van der Waals surface area contributed by atoms with Crippen LogP contribution < -0.4 is 16.1 Å². The fourth-order valence-corrected chi connectivity index (χ4v) is 3.20. The monoisotopic (exact) mass is 317 g/mol. The summed E-state index contributed by atoms with van der Waals surface area (Å²) in [5.74, 6) is -0.0845. The molecule has 5 N–H and O–H groups in total. The molecule has 10 heteroatoms. The molecule has 1 aliphatic rings. The van der Waals surface area contributed by atoms with Crippen LogP contribution >= 0.6 is 7.75 Å². The van der Waals surface area contributed by atoms with Crippen LogP contribution in [-0.4, -0.2) is 39.5 Å². The van der Waals surface area contributed by atoms with E-state index in [0.717, 1.165) is 0 Å². The van der Waals surface area contributed by atoms with Crippen molar-refractivity contribution in [3.05, 3.63) is 11.9 Å². The molecule has 1 amide bonds. The lowest BCUT2D eigenvalue weighted by atomic mass is 10.1. The van der Waals surface area contributed by atoms with Crippen molar-refractivity contribution in [3.8, 4) is 0 Å². The molecule has 1 aromatic rings. The van der Waals surface area contributed by atoms with Gasteiger partial charge in [-0.1, -0.05) is 0 Å². The maximum absolute atomic E-state index is 11.7. The van der Waals surface area contributed by atoms with E-state index in [1.807, 2.05) is 6.92 Å². The number of carbonyl (C=O) groups excluding carboxylic acids is 1. The van der Waals surface area contributed by atoms with Gasteiger partial charge in [-0.15, -0.1) is 0 Å². The lowest BCUT2D eigenvalue weighted by Gasteiger charge is -2.31. The second-order valence-corrected chi connectivity index (χ2v) is 6.57. The fourth-order valence-electron chi connectivity index (χ4n) is 2.32. The number of amides is 1. The van der Waals surface area contributed by atoms with Gasteiger partial charge in [-0.2, -0.15) is 0 Å². The maximum Gasteiger partial charge on any atom is 0.402 e. The number of hydrogen-bond acceptors (Lipinski definition) is 5. The second-order valence-electron chi connectivity index (χ2n) is 4.96. The predicted molar refractivity (Wildman–Crippen MR) is 76.9 cm³/mol. The zero-order valence-electron chi connectivity index (χ0n) is 11.9. The van der Waals surface area contributed by atoms with Gasteiger partial charge in [0.2, 0.25) is 5.95 Å². The van der Waals surface area contributed by atoms with Gasteiger partial charge in [-0.3, -0.25) is 9.32 Å². The summed E-state index contributed by atoms with van der Waals surface area (Å²) in [6.07, 6.45) is 2.26. The summed E-state index contributed by atoms with van der Waals surface area (Å²) in [6, 6.07) is -0.00428. The number of anilines is 1. The molecule has 9 nitrogen and oxygen atoms in total. The largest absolute Gasteiger partial charge is 0.402 e. The van der Waals surface area contributed by atoms with E-state index in [0.29, 0.717) is 12.4 Å². The zero-order chi connectivity index (χ0) is 15.6. The average Bonchev–Trinajstić information content (AvgIpc) is 2.79. The Kier molecular flexibility index (Phi) is 4.67. The summed E-state index contributed by atoms with van der Waals surface area (Å²) in [6.45, 7) is 3.98. The molecular formula is C11H20N5O4P. The van der Waals surface area contributed by atoms with Gasteiger partial charge in [0.1, 0.15) is 5.69 Å². The maximum atomic E-state index is 11.7. The van der Waals surface area contributed by atoms with Crippen molar-refractivity contribution in [3.63, 3.8) is 0 Å². The molecule has 0 radical (unpaired) electrons. The van der Waals surface area contributed by atoms with Gasteiger partial charge >= 0.3 is 7.75 Å². The van der Waals surface area contributed by atoms with Gasteiger partial charge in [0.15, 0.2) is 0 Å². The number of carbonyl (C=O) groups is 1. The van der Waals surface area contributed by atoms with Gasteiger partial charge in [0, 0.05) is 18.8 Å². The molecule has 1 aliphatic heterocycles. The lowest BCUT2D eigenvalue weighted by molar-refractivity contribution is 0.0996. The van der Waals surface area contributed by atoms with E-state index in [9.17, 15) is 14.3 Å². The Morgan fingerprint density at radius 3 is 3.10 bits per heavy atom. The molecule has 2 rings (SSSR count). The van der Waals surface area contributed by atoms with Gasteiger partial charge in [0.05, 0.1) is 12.6 Å². The summed E-state index contributed by atoms with van der Waals surface area (Å²) in [4.78, 5) is 24.9. The Balaban J connectivity index is 2.14. The third-order valence-corrected chi connectivity index (χ3v) is 4.40. The highest BCUT2D eigenvalue weighted by Crippen LogP contribution is 2.37. The first-order valence-corrected chi connectivity index (χ1v) is 8.28. The van der Waals surface area contributed by atoms with E-state index in [1.54, 1.807) is 17.7 Å². The molecular weight excluding hydrogens is 297 g/mol. The summed E-state index contributed by atoms with van der Waals surface area (Å²) in [5.41, 5.74) is 5.39. The Labute approximate surface area is 122 Å². The molecule has 118 valence electrons. The third-order valence-electron chi connectivity index (χ3n) is 3.21. The molecule has 0 saturated heterocycles. The van der Waals surface area contributed by atoms with Crippen LogP contribution in [0.3, 0.4) is 0 Å². The SMILES string of the molecule is CCOP(=O)(O)NCC1CC(C)Nc2nc(C(N)=O)cn21. The van der Waals surface area contributed by atoms with Crippen LogP contribution in [0, 0.1) is 0 Å². The first kappa shape index (κ1) is 16.0. The highest BCUT2D eigenvalue weighted by atomic mass is 31.2. The van der Waals surface area contributed by atoms with Crippen LogP contribution in [0.25, 0.3) is 0 Å². The highest BCUT2D eigenvalue weighted by molar-refractivity contribution is 7.50. The quantitative estimate of drug-likeness (QED) is 0.560. The molecule has 0 saturated carbocycles. The number of imidazole rings is 1. The smallest absolute Gasteiger partial charge is 0.364 e. The molecule has 0 fully saturated rings. The van der Waals surface area contributed by atoms with Crippen molar-refractivity contribution in [2.45, 2.75) is 32.4 Å². The predicted octanol–water partition coefficient (Wildman–Crippen LogP) is 0.454. The van der Waals surface area contributed by atoms with Crippen molar-refractivity contribution in [1.82, 2.24) is 14.6 Å². The summed E-state index contributed by atoms with van der Waals surface area (Å²) < 4.78 is 18.2. The van der Waals surface area contributed by atoms with E-state index in [2.05, 4.69) is 15.4 Å². The van der Waals surface area contributed by atoms with Crippen molar-refractivity contribution >= 4 is 19.6 Å². The number of aromatic nitrogens is 2. The number of hydrogen-bond donors (Lipinski definition) is 4. The normalized spacial score (nSPS) is 24.0. The Hall–Kier alpha value is -1.41. The Morgan fingerprint density at radius 1 is 1.76 bits per heavy atom. The van der Waals surface area contributed by atoms with E-state index >= 15 is 0 Å². The molecule has 3 atom stereocenters. The van der Waals surface area contributed by atoms with Crippen LogP contribution in [0.5, 0.6) is 0 Å². The third kappa shape index (κ3) is 3.82. The van der Waals surface area contributed by atoms with Gasteiger partial charge in [-0.05, 0) is 20.3 Å². The molecule has 1 aromatic heterocycles. The minimum Gasteiger partial charge on any atom is -0.364 e. The lowest BCUT2D eigenvalue weighted by Crippen LogP contribution is -2.34. The van der Waals surface area contributed by atoms with Crippen molar-refractivity contribution < 1.29 is 18.8 Å². The minimum atomic E-state index is -3.80. The first-order chi connectivity index (χ1) is 9.82. The van der Waals surface area contributed by atoms with Crippen LogP contribution in [0.15, 0.2) is 6.20 Å². The number of fused-ring (bicyclic) bond motifs is 1. The summed E-state index contributed by atoms with van der Waals surface area (Å²) in [5, 5.41) is 5.67. The molecule has 2 heterocycles. The van der Waals surface area contributed by atoms with Crippen LogP contribution in [0.4, 0.5) is 5.95 Å². The summed E-state index contributed by atoms with van der Waals surface area (Å²) in [7, 11) is -3.80. The Bertz CT molecular complexity index is 575. The van der Waals surface area contributed by atoms with Crippen molar-refractivity contribution in [2.75, 3.05) is 18.5 Å². The molecule has 21 heavy (non-hydrogen) atoms. The molecule has 3 unspecified atom stereocenters. The van der Waals surface area contributed by atoms with Crippen LogP contribution in [-0.2, 0) is 9.09 Å². The van der Waals surface area contributed by atoms with Gasteiger partial charge < -0.3 is 20.5 Å². The fraction of sp³-hybridized carbons (Fsp3) is 0.636. The average molecular weight is 317 g/mol. The number of nitrogens with zero attached hydrogens (tertiary/aromatic N) is 2. The molecule has 0 aromatic carbocycles. The van der Waals surface area contributed by atoms with Crippen molar-refractivity contribution in [2.24, 2.45) is 5.73 Å². The van der Waals surface area contributed by atoms with Crippen molar-refractivity contribution in [1.29, 1.82) is 0 Å². The first-order valence-electron chi connectivity index (χ1n) is 6.70. The number of rotatable bonds is 6. The highest BCUT2D eigenvalue weighted by Gasteiger charge is 2.28. The van der Waals surface area contributed by atoms with Gasteiger partial charge in [0.25, 0.3) is 5.91 Å².